The molecule has 1 fully saturated rings. The van der Waals surface area contributed by atoms with E-state index in [-0.39, 0.29) is 24.3 Å². The minimum atomic E-state index is -0.258. The molecule has 2 aromatic rings. The van der Waals surface area contributed by atoms with Crippen molar-refractivity contribution in [2.75, 3.05) is 18.6 Å². The van der Waals surface area contributed by atoms with Crippen molar-refractivity contribution in [2.24, 2.45) is 0 Å². The third-order valence-electron chi connectivity index (χ3n) is 3.59. The number of aromatic nitrogens is 2. The molecule has 1 saturated heterocycles. The standard InChI is InChI=1S/C15H16N4O3/c1-22-12-4-2-11(3-5-12)19-8-10(6-14(19)20)18-15(21)13-7-16-9-17-13/h2-5,7,9-10H,6,8H2,1H3,(H,16,17)(H,18,21). The highest BCUT2D eigenvalue weighted by molar-refractivity contribution is 5.98. The van der Waals surface area contributed by atoms with Crippen LogP contribution >= 0.6 is 0 Å². The molecular weight excluding hydrogens is 284 g/mol. The number of H-pyrrole nitrogens is 1. The largest absolute Gasteiger partial charge is 0.497 e. The summed E-state index contributed by atoms with van der Waals surface area (Å²) >= 11 is 0. The molecule has 2 N–H and O–H groups in total. The molecule has 1 atom stereocenters. The van der Waals surface area contributed by atoms with Gasteiger partial charge in [-0.05, 0) is 24.3 Å². The maximum absolute atomic E-state index is 12.1. The summed E-state index contributed by atoms with van der Waals surface area (Å²) in [5.41, 5.74) is 1.18. The first-order chi connectivity index (χ1) is 10.7. The molecule has 1 aliphatic heterocycles. The fourth-order valence-electron chi connectivity index (χ4n) is 2.46. The molecule has 7 heteroatoms. The van der Waals surface area contributed by atoms with Gasteiger partial charge in [-0.15, -0.1) is 0 Å². The quantitative estimate of drug-likeness (QED) is 0.880. The van der Waals surface area contributed by atoms with Gasteiger partial charge in [-0.25, -0.2) is 4.98 Å². The van der Waals surface area contributed by atoms with E-state index in [0.29, 0.717) is 12.2 Å². The Morgan fingerprint density at radius 3 is 2.82 bits per heavy atom. The predicted molar refractivity (Wildman–Crippen MR) is 79.8 cm³/mol. The third-order valence-corrected chi connectivity index (χ3v) is 3.59. The maximum Gasteiger partial charge on any atom is 0.269 e. The molecule has 7 nitrogen and oxygen atoms in total. The van der Waals surface area contributed by atoms with Gasteiger partial charge in [0.2, 0.25) is 5.91 Å². The minimum absolute atomic E-state index is 0.0138. The summed E-state index contributed by atoms with van der Waals surface area (Å²) in [5.74, 6) is 0.464. The van der Waals surface area contributed by atoms with Gasteiger partial charge in [-0.3, -0.25) is 9.59 Å². The highest BCUT2D eigenvalue weighted by atomic mass is 16.5. The maximum atomic E-state index is 12.1. The van der Waals surface area contributed by atoms with Crippen LogP contribution in [-0.2, 0) is 4.79 Å². The Bertz CT molecular complexity index is 667. The number of aromatic amines is 1. The van der Waals surface area contributed by atoms with Crippen molar-refractivity contribution < 1.29 is 14.3 Å². The molecule has 2 amide bonds. The number of hydrogen-bond acceptors (Lipinski definition) is 4. The molecule has 114 valence electrons. The van der Waals surface area contributed by atoms with Crippen LogP contribution in [0.1, 0.15) is 16.9 Å². The van der Waals surface area contributed by atoms with Gasteiger partial charge in [-0.2, -0.15) is 0 Å². The molecule has 0 radical (unpaired) electrons. The lowest BCUT2D eigenvalue weighted by Crippen LogP contribution is -2.37. The zero-order chi connectivity index (χ0) is 15.5. The van der Waals surface area contributed by atoms with Crippen molar-refractivity contribution in [2.45, 2.75) is 12.5 Å². The summed E-state index contributed by atoms with van der Waals surface area (Å²) in [6.07, 6.45) is 3.18. The number of hydrogen-bond donors (Lipinski definition) is 2. The van der Waals surface area contributed by atoms with Gasteiger partial charge in [0, 0.05) is 18.7 Å². The second-order valence-corrected chi connectivity index (χ2v) is 5.04. The van der Waals surface area contributed by atoms with Gasteiger partial charge in [0.1, 0.15) is 11.4 Å². The normalized spacial score (nSPS) is 17.6. The second kappa shape index (κ2) is 5.88. The van der Waals surface area contributed by atoms with E-state index in [0.717, 1.165) is 11.4 Å². The van der Waals surface area contributed by atoms with E-state index in [9.17, 15) is 9.59 Å². The van der Waals surface area contributed by atoms with Crippen LogP contribution in [0.15, 0.2) is 36.8 Å². The zero-order valence-corrected chi connectivity index (χ0v) is 12.1. The number of nitrogens with one attached hydrogen (secondary N) is 2. The lowest BCUT2D eigenvalue weighted by molar-refractivity contribution is -0.117. The van der Waals surface area contributed by atoms with Crippen LogP contribution in [-0.4, -0.2) is 41.5 Å². The molecule has 0 aliphatic carbocycles. The van der Waals surface area contributed by atoms with Crippen LogP contribution in [0, 0.1) is 0 Å². The Morgan fingerprint density at radius 1 is 1.41 bits per heavy atom. The summed E-state index contributed by atoms with van der Waals surface area (Å²) in [4.78, 5) is 32.3. The van der Waals surface area contributed by atoms with E-state index in [1.165, 1.54) is 12.5 Å². The van der Waals surface area contributed by atoms with E-state index in [4.69, 9.17) is 4.74 Å². The van der Waals surface area contributed by atoms with Crippen LogP contribution in [0.25, 0.3) is 0 Å². The SMILES string of the molecule is COc1ccc(N2CC(NC(=O)c3cnc[nH]3)CC2=O)cc1. The number of imidazole rings is 1. The number of benzene rings is 1. The monoisotopic (exact) mass is 300 g/mol. The summed E-state index contributed by atoms with van der Waals surface area (Å²) in [6.45, 7) is 0.449. The number of methoxy groups -OCH3 is 1. The van der Waals surface area contributed by atoms with E-state index in [1.807, 2.05) is 12.1 Å². The van der Waals surface area contributed by atoms with Crippen LogP contribution in [0.2, 0.25) is 0 Å². The van der Waals surface area contributed by atoms with Crippen molar-refractivity contribution in [3.63, 3.8) is 0 Å². The topological polar surface area (TPSA) is 87.3 Å². The van der Waals surface area contributed by atoms with Gasteiger partial charge in [0.15, 0.2) is 0 Å². The van der Waals surface area contributed by atoms with Crippen molar-refractivity contribution >= 4 is 17.5 Å². The third kappa shape index (κ3) is 2.78. The fraction of sp³-hybridized carbons (Fsp3) is 0.267. The molecule has 3 rings (SSSR count). The van der Waals surface area contributed by atoms with Gasteiger partial charge in [0.25, 0.3) is 5.91 Å². The average molecular weight is 300 g/mol. The minimum Gasteiger partial charge on any atom is -0.497 e. The number of ether oxygens (including phenoxy) is 1. The molecule has 2 heterocycles. The highest BCUT2D eigenvalue weighted by Crippen LogP contribution is 2.24. The van der Waals surface area contributed by atoms with Gasteiger partial charge < -0.3 is 19.9 Å². The van der Waals surface area contributed by atoms with Crippen LogP contribution in [0.5, 0.6) is 5.75 Å². The molecule has 22 heavy (non-hydrogen) atoms. The first-order valence-corrected chi connectivity index (χ1v) is 6.91. The molecule has 0 bridgehead atoms. The van der Waals surface area contributed by atoms with Crippen molar-refractivity contribution in [3.8, 4) is 5.75 Å². The number of carbonyl (C=O) groups excluding carboxylic acids is 2. The Morgan fingerprint density at radius 2 is 2.18 bits per heavy atom. The number of rotatable bonds is 4. The number of amides is 2. The summed E-state index contributed by atoms with van der Waals surface area (Å²) in [6, 6.07) is 7.05. The van der Waals surface area contributed by atoms with Gasteiger partial charge in [-0.1, -0.05) is 0 Å². The van der Waals surface area contributed by atoms with Gasteiger partial charge in [0.05, 0.1) is 25.7 Å². The molecule has 0 saturated carbocycles. The first kappa shape index (κ1) is 14.1. The van der Waals surface area contributed by atoms with Crippen molar-refractivity contribution in [3.05, 3.63) is 42.5 Å². The molecule has 1 aliphatic rings. The van der Waals surface area contributed by atoms with Crippen molar-refractivity contribution in [1.82, 2.24) is 15.3 Å². The molecular formula is C15H16N4O3. The Balaban J connectivity index is 1.66. The lowest BCUT2D eigenvalue weighted by atomic mass is 10.2. The van der Waals surface area contributed by atoms with E-state index in [1.54, 1.807) is 24.1 Å². The van der Waals surface area contributed by atoms with Crippen LogP contribution in [0.3, 0.4) is 0 Å². The summed E-state index contributed by atoms with van der Waals surface area (Å²) in [7, 11) is 1.59. The number of anilines is 1. The van der Waals surface area contributed by atoms with Gasteiger partial charge >= 0.3 is 0 Å². The zero-order valence-electron chi connectivity index (χ0n) is 12.1. The van der Waals surface area contributed by atoms with Crippen LogP contribution < -0.4 is 15.0 Å². The molecule has 1 unspecified atom stereocenters. The van der Waals surface area contributed by atoms with E-state index in [2.05, 4.69) is 15.3 Å². The van der Waals surface area contributed by atoms with Crippen molar-refractivity contribution in [1.29, 1.82) is 0 Å². The van der Waals surface area contributed by atoms with E-state index < -0.39 is 0 Å². The Kier molecular flexibility index (Phi) is 3.78. The predicted octanol–water partition coefficient (Wildman–Crippen LogP) is 0.954. The second-order valence-electron chi connectivity index (χ2n) is 5.04. The van der Waals surface area contributed by atoms with E-state index >= 15 is 0 Å². The molecule has 1 aromatic heterocycles. The average Bonchev–Trinajstić information content (AvgIpc) is 3.17. The summed E-state index contributed by atoms with van der Waals surface area (Å²) < 4.78 is 5.10. The first-order valence-electron chi connectivity index (χ1n) is 6.91. The summed E-state index contributed by atoms with van der Waals surface area (Å²) in [5, 5.41) is 2.84. The fourth-order valence-corrected chi connectivity index (χ4v) is 2.46. The van der Waals surface area contributed by atoms with Crippen LogP contribution in [0.4, 0.5) is 5.69 Å². The number of carbonyl (C=O) groups is 2. The highest BCUT2D eigenvalue weighted by Gasteiger charge is 2.31. The number of nitrogens with zero attached hydrogens (tertiary/aromatic N) is 2. The lowest BCUT2D eigenvalue weighted by Gasteiger charge is -2.17. The molecule has 1 aromatic carbocycles. The molecule has 0 spiro atoms. The Hall–Kier alpha value is -2.83. The smallest absolute Gasteiger partial charge is 0.269 e. The Labute approximate surface area is 127 Å².